The molecule has 0 aliphatic carbocycles. The van der Waals surface area contributed by atoms with Crippen molar-refractivity contribution in [3.05, 3.63) is 18.0 Å². The highest BCUT2D eigenvalue weighted by Crippen LogP contribution is 1.98. The molecule has 17 heavy (non-hydrogen) atoms. The molecule has 0 amide bonds. The third-order valence-electron chi connectivity index (χ3n) is 2.60. The number of aryl methyl sites for hydroxylation is 1. The molecule has 0 saturated heterocycles. The van der Waals surface area contributed by atoms with Crippen LogP contribution in [0.1, 0.15) is 32.8 Å². The summed E-state index contributed by atoms with van der Waals surface area (Å²) in [6.45, 7) is 10.9. The summed E-state index contributed by atoms with van der Waals surface area (Å²) in [6.07, 6.45) is 5.13. The average molecular weight is 239 g/mol. The van der Waals surface area contributed by atoms with E-state index in [-0.39, 0.29) is 0 Å². The Kier molecular flexibility index (Phi) is 6.89. The van der Waals surface area contributed by atoms with Crippen LogP contribution in [0.4, 0.5) is 0 Å². The van der Waals surface area contributed by atoms with Gasteiger partial charge in [-0.3, -0.25) is 4.68 Å². The largest absolute Gasteiger partial charge is 0.380 e. The topological polar surface area (TPSA) is 39.1 Å². The Morgan fingerprint density at radius 1 is 1.41 bits per heavy atom. The molecule has 1 aromatic heterocycles. The van der Waals surface area contributed by atoms with E-state index < -0.39 is 0 Å². The van der Waals surface area contributed by atoms with E-state index in [2.05, 4.69) is 37.4 Å². The van der Waals surface area contributed by atoms with Gasteiger partial charge in [-0.1, -0.05) is 13.8 Å². The predicted octanol–water partition coefficient (Wildman–Crippen LogP) is 2.06. The molecule has 0 unspecified atom stereocenters. The van der Waals surface area contributed by atoms with E-state index in [1.807, 2.05) is 10.9 Å². The van der Waals surface area contributed by atoms with E-state index in [0.717, 1.165) is 45.2 Å². The van der Waals surface area contributed by atoms with Gasteiger partial charge in [0.15, 0.2) is 0 Å². The summed E-state index contributed by atoms with van der Waals surface area (Å²) in [5.41, 5.74) is 1.23. The SMILES string of the molecule is CCn1cc(CNCCOCCC(C)C)cn1. The van der Waals surface area contributed by atoms with Crippen molar-refractivity contribution in [3.8, 4) is 0 Å². The Hall–Kier alpha value is -0.870. The summed E-state index contributed by atoms with van der Waals surface area (Å²) in [7, 11) is 0. The van der Waals surface area contributed by atoms with Crippen LogP contribution in [0.15, 0.2) is 12.4 Å². The van der Waals surface area contributed by atoms with Crippen LogP contribution in [0.5, 0.6) is 0 Å². The van der Waals surface area contributed by atoms with Gasteiger partial charge in [0.05, 0.1) is 12.8 Å². The van der Waals surface area contributed by atoms with Crippen molar-refractivity contribution in [2.45, 2.75) is 40.3 Å². The number of rotatable bonds is 9. The molecule has 0 fully saturated rings. The van der Waals surface area contributed by atoms with Crippen LogP contribution < -0.4 is 5.32 Å². The first kappa shape index (κ1) is 14.2. The lowest BCUT2D eigenvalue weighted by Gasteiger charge is -2.06. The molecule has 0 radical (unpaired) electrons. The van der Waals surface area contributed by atoms with Gasteiger partial charge in [0.2, 0.25) is 0 Å². The number of nitrogens with one attached hydrogen (secondary N) is 1. The van der Waals surface area contributed by atoms with Crippen LogP contribution in [0, 0.1) is 5.92 Å². The highest BCUT2D eigenvalue weighted by molar-refractivity contribution is 5.02. The molecular formula is C13H25N3O. The number of hydrogen-bond acceptors (Lipinski definition) is 3. The molecule has 1 aromatic rings. The first-order valence-corrected chi connectivity index (χ1v) is 6.52. The molecule has 0 aliphatic heterocycles. The minimum absolute atomic E-state index is 0.725. The van der Waals surface area contributed by atoms with E-state index in [9.17, 15) is 0 Å². The first-order chi connectivity index (χ1) is 8.22. The van der Waals surface area contributed by atoms with Gasteiger partial charge in [-0.2, -0.15) is 5.10 Å². The standard InChI is InChI=1S/C13H25N3O/c1-4-16-11-13(10-15-16)9-14-6-8-17-7-5-12(2)3/h10-12,14H,4-9H2,1-3H3. The lowest BCUT2D eigenvalue weighted by atomic mass is 10.1. The van der Waals surface area contributed by atoms with Crippen LogP contribution >= 0.6 is 0 Å². The summed E-state index contributed by atoms with van der Waals surface area (Å²) in [5.74, 6) is 0.725. The van der Waals surface area contributed by atoms with Crippen molar-refractivity contribution in [1.29, 1.82) is 0 Å². The molecule has 1 rings (SSSR count). The Morgan fingerprint density at radius 2 is 2.24 bits per heavy atom. The zero-order valence-corrected chi connectivity index (χ0v) is 11.3. The Balaban J connectivity index is 1.97. The Morgan fingerprint density at radius 3 is 2.88 bits per heavy atom. The molecule has 0 saturated carbocycles. The van der Waals surface area contributed by atoms with E-state index in [4.69, 9.17) is 4.74 Å². The lowest BCUT2D eigenvalue weighted by molar-refractivity contribution is 0.125. The fourth-order valence-electron chi connectivity index (χ4n) is 1.47. The van der Waals surface area contributed by atoms with Gasteiger partial charge in [-0.05, 0) is 19.3 Å². The number of nitrogens with zero attached hydrogens (tertiary/aromatic N) is 2. The quantitative estimate of drug-likeness (QED) is 0.670. The monoisotopic (exact) mass is 239 g/mol. The molecule has 0 bridgehead atoms. The molecule has 1 N–H and O–H groups in total. The maximum Gasteiger partial charge on any atom is 0.0591 e. The van der Waals surface area contributed by atoms with Gasteiger partial charge < -0.3 is 10.1 Å². The van der Waals surface area contributed by atoms with E-state index in [1.165, 1.54) is 5.56 Å². The summed E-state index contributed by atoms with van der Waals surface area (Å²) in [5, 5.41) is 7.58. The molecule has 0 atom stereocenters. The van der Waals surface area contributed by atoms with Crippen LogP contribution in [0.25, 0.3) is 0 Å². The lowest BCUT2D eigenvalue weighted by Crippen LogP contribution is -2.19. The van der Waals surface area contributed by atoms with Crippen molar-refractivity contribution in [3.63, 3.8) is 0 Å². The molecule has 1 heterocycles. The molecular weight excluding hydrogens is 214 g/mol. The van der Waals surface area contributed by atoms with Crippen LogP contribution in [-0.2, 0) is 17.8 Å². The molecule has 0 aromatic carbocycles. The third-order valence-corrected chi connectivity index (χ3v) is 2.60. The Bertz CT molecular complexity index is 297. The van der Waals surface area contributed by atoms with Gasteiger partial charge in [0.25, 0.3) is 0 Å². The third kappa shape index (κ3) is 6.44. The van der Waals surface area contributed by atoms with Crippen LogP contribution in [-0.4, -0.2) is 29.5 Å². The molecule has 0 spiro atoms. The molecule has 98 valence electrons. The number of hydrogen-bond donors (Lipinski definition) is 1. The van der Waals surface area contributed by atoms with Gasteiger partial charge in [-0.25, -0.2) is 0 Å². The Labute approximate surface area is 104 Å². The predicted molar refractivity (Wildman–Crippen MR) is 69.9 cm³/mol. The van der Waals surface area contributed by atoms with Crippen molar-refractivity contribution < 1.29 is 4.74 Å². The summed E-state index contributed by atoms with van der Waals surface area (Å²) >= 11 is 0. The summed E-state index contributed by atoms with van der Waals surface area (Å²) in [6, 6.07) is 0. The zero-order chi connectivity index (χ0) is 12.5. The van der Waals surface area contributed by atoms with Gasteiger partial charge in [0.1, 0.15) is 0 Å². The van der Waals surface area contributed by atoms with E-state index in [0.29, 0.717) is 0 Å². The van der Waals surface area contributed by atoms with Crippen molar-refractivity contribution in [2.24, 2.45) is 5.92 Å². The van der Waals surface area contributed by atoms with Crippen molar-refractivity contribution in [1.82, 2.24) is 15.1 Å². The first-order valence-electron chi connectivity index (χ1n) is 6.52. The summed E-state index contributed by atoms with van der Waals surface area (Å²) in [4.78, 5) is 0. The number of ether oxygens (including phenoxy) is 1. The molecule has 4 heteroatoms. The second-order valence-electron chi connectivity index (χ2n) is 4.68. The van der Waals surface area contributed by atoms with Gasteiger partial charge >= 0.3 is 0 Å². The van der Waals surface area contributed by atoms with E-state index >= 15 is 0 Å². The average Bonchev–Trinajstić information content (AvgIpc) is 2.75. The molecule has 0 aliphatic rings. The maximum absolute atomic E-state index is 5.53. The normalized spacial score (nSPS) is 11.3. The van der Waals surface area contributed by atoms with Gasteiger partial charge in [0, 0.05) is 38.0 Å². The van der Waals surface area contributed by atoms with Gasteiger partial charge in [-0.15, -0.1) is 0 Å². The second kappa shape index (κ2) is 8.25. The maximum atomic E-state index is 5.53. The zero-order valence-electron chi connectivity index (χ0n) is 11.3. The minimum atomic E-state index is 0.725. The minimum Gasteiger partial charge on any atom is -0.380 e. The second-order valence-corrected chi connectivity index (χ2v) is 4.68. The van der Waals surface area contributed by atoms with Crippen molar-refractivity contribution in [2.75, 3.05) is 19.8 Å². The highest BCUT2D eigenvalue weighted by atomic mass is 16.5. The fraction of sp³-hybridized carbons (Fsp3) is 0.769. The fourth-order valence-corrected chi connectivity index (χ4v) is 1.47. The van der Waals surface area contributed by atoms with Crippen LogP contribution in [0.3, 0.4) is 0 Å². The molecule has 4 nitrogen and oxygen atoms in total. The smallest absolute Gasteiger partial charge is 0.0591 e. The summed E-state index contributed by atoms with van der Waals surface area (Å²) < 4.78 is 7.47. The van der Waals surface area contributed by atoms with Crippen LogP contribution in [0.2, 0.25) is 0 Å². The van der Waals surface area contributed by atoms with E-state index in [1.54, 1.807) is 0 Å². The number of aromatic nitrogens is 2. The highest BCUT2D eigenvalue weighted by Gasteiger charge is 1.97. The van der Waals surface area contributed by atoms with Crippen molar-refractivity contribution >= 4 is 0 Å².